The van der Waals surface area contributed by atoms with Crippen molar-refractivity contribution in [3.63, 3.8) is 0 Å². The number of hydrogen-bond acceptors (Lipinski definition) is 3. The molecule has 1 aliphatic carbocycles. The minimum Gasteiger partial charge on any atom is -0.306 e. The van der Waals surface area contributed by atoms with Crippen LogP contribution in [0.4, 0.5) is 0 Å². The summed E-state index contributed by atoms with van der Waals surface area (Å²) in [4.78, 5) is 15.2. The molecule has 0 radical (unpaired) electrons. The van der Waals surface area contributed by atoms with Gasteiger partial charge in [0.25, 0.3) is 0 Å². The number of hydrogen-bond donors (Lipinski definition) is 0. The van der Waals surface area contributed by atoms with Crippen molar-refractivity contribution in [2.24, 2.45) is 0 Å². The normalized spacial score (nSPS) is 11.9. The van der Waals surface area contributed by atoms with Crippen LogP contribution < -0.4 is 0 Å². The van der Waals surface area contributed by atoms with Gasteiger partial charge < -0.3 is 4.40 Å². The largest absolute Gasteiger partial charge is 0.306 e. The van der Waals surface area contributed by atoms with Gasteiger partial charge in [-0.2, -0.15) is 0 Å². The molecule has 4 aromatic heterocycles. The van der Waals surface area contributed by atoms with Gasteiger partial charge in [0, 0.05) is 39.9 Å². The zero-order valence-corrected chi connectivity index (χ0v) is 27.5. The van der Waals surface area contributed by atoms with Gasteiger partial charge >= 0.3 is 0 Å². The van der Waals surface area contributed by atoms with Gasteiger partial charge in [0.2, 0.25) is 0 Å². The Morgan fingerprint density at radius 1 is 0.353 bits per heavy atom. The van der Waals surface area contributed by atoms with E-state index in [-0.39, 0.29) is 0 Å². The molecule has 6 aromatic carbocycles. The minimum absolute atomic E-state index is 0.904. The Morgan fingerprint density at radius 3 is 1.53 bits per heavy atom. The summed E-state index contributed by atoms with van der Waals surface area (Å²) in [6, 6.07) is 56.1. The zero-order chi connectivity index (χ0) is 33.5. The SMILES string of the molecule is c1ccc2c(c1)-c1cccc3c(-c4ccc(-c5ccc6ccc7ccc(-c8ccc(-c9cn%10ccccc%10n9)cc8)nc7c6n5)cc4)ccc-2c13. The van der Waals surface area contributed by atoms with E-state index >= 15 is 0 Å². The molecule has 4 heteroatoms. The minimum atomic E-state index is 0.904. The fourth-order valence-corrected chi connectivity index (χ4v) is 7.86. The number of pyridine rings is 3. The third-order valence-electron chi connectivity index (χ3n) is 10.4. The molecule has 0 saturated heterocycles. The average molecular weight is 649 g/mol. The first-order valence-corrected chi connectivity index (χ1v) is 17.3. The van der Waals surface area contributed by atoms with Crippen molar-refractivity contribution in [2.75, 3.05) is 0 Å². The highest BCUT2D eigenvalue weighted by molar-refractivity contribution is 6.18. The van der Waals surface area contributed by atoms with Gasteiger partial charge in [0.05, 0.1) is 28.1 Å². The molecular weight excluding hydrogens is 621 g/mol. The molecule has 0 bridgehead atoms. The number of imidazole rings is 1. The monoisotopic (exact) mass is 648 g/mol. The van der Waals surface area contributed by atoms with Crippen LogP contribution in [0.2, 0.25) is 0 Å². The van der Waals surface area contributed by atoms with Crippen molar-refractivity contribution in [1.29, 1.82) is 0 Å². The van der Waals surface area contributed by atoms with Crippen LogP contribution in [0.5, 0.6) is 0 Å². The third-order valence-corrected chi connectivity index (χ3v) is 10.4. The number of nitrogens with zero attached hydrogens (tertiary/aromatic N) is 4. The summed E-state index contributed by atoms with van der Waals surface area (Å²) in [5, 5.41) is 4.78. The highest BCUT2D eigenvalue weighted by Crippen LogP contribution is 2.49. The Kier molecular flexibility index (Phi) is 5.92. The Bertz CT molecular complexity index is 2950. The Morgan fingerprint density at radius 2 is 0.882 bits per heavy atom. The van der Waals surface area contributed by atoms with E-state index in [1.54, 1.807) is 0 Å². The molecule has 10 aromatic rings. The van der Waals surface area contributed by atoms with Crippen LogP contribution in [-0.4, -0.2) is 19.4 Å². The molecule has 4 nitrogen and oxygen atoms in total. The van der Waals surface area contributed by atoms with E-state index in [0.717, 1.165) is 61.2 Å². The van der Waals surface area contributed by atoms with E-state index < -0.39 is 0 Å². The van der Waals surface area contributed by atoms with Crippen molar-refractivity contribution in [3.8, 4) is 67.2 Å². The molecule has 0 amide bonds. The van der Waals surface area contributed by atoms with Crippen LogP contribution in [0, 0.1) is 0 Å². The van der Waals surface area contributed by atoms with Crippen LogP contribution in [-0.2, 0) is 0 Å². The van der Waals surface area contributed by atoms with Gasteiger partial charge in [-0.25, -0.2) is 15.0 Å². The maximum Gasteiger partial charge on any atom is 0.137 e. The molecule has 0 aliphatic heterocycles. The van der Waals surface area contributed by atoms with Gasteiger partial charge in [-0.3, -0.25) is 0 Å². The number of rotatable bonds is 4. The fraction of sp³-hybridized carbons (Fsp3) is 0. The van der Waals surface area contributed by atoms with E-state index in [4.69, 9.17) is 15.0 Å². The van der Waals surface area contributed by atoms with Gasteiger partial charge in [0.15, 0.2) is 0 Å². The lowest BCUT2D eigenvalue weighted by Crippen LogP contribution is -1.91. The fourth-order valence-electron chi connectivity index (χ4n) is 7.86. The quantitative estimate of drug-likeness (QED) is 0.178. The highest BCUT2D eigenvalue weighted by atomic mass is 15.0. The predicted molar refractivity (Wildman–Crippen MR) is 209 cm³/mol. The van der Waals surface area contributed by atoms with Gasteiger partial charge in [-0.15, -0.1) is 0 Å². The maximum atomic E-state index is 5.22. The summed E-state index contributed by atoms with van der Waals surface area (Å²) >= 11 is 0. The van der Waals surface area contributed by atoms with Crippen molar-refractivity contribution in [2.45, 2.75) is 0 Å². The summed E-state index contributed by atoms with van der Waals surface area (Å²) in [6.07, 6.45) is 4.08. The van der Waals surface area contributed by atoms with Crippen molar-refractivity contribution >= 4 is 38.2 Å². The second-order valence-electron chi connectivity index (χ2n) is 13.3. The summed E-state index contributed by atoms with van der Waals surface area (Å²) < 4.78 is 2.04. The molecule has 236 valence electrons. The number of benzene rings is 6. The van der Waals surface area contributed by atoms with E-state index in [2.05, 4.69) is 146 Å². The van der Waals surface area contributed by atoms with Gasteiger partial charge in [-0.05, 0) is 68.4 Å². The molecule has 11 rings (SSSR count). The Labute approximate surface area is 294 Å². The molecule has 0 unspecified atom stereocenters. The van der Waals surface area contributed by atoms with Gasteiger partial charge in [-0.1, -0.05) is 133 Å². The smallest absolute Gasteiger partial charge is 0.137 e. The second-order valence-corrected chi connectivity index (χ2v) is 13.3. The molecule has 0 atom stereocenters. The lowest BCUT2D eigenvalue weighted by atomic mass is 9.93. The first kappa shape index (κ1) is 28.0. The number of fused-ring (bicyclic) bond motifs is 7. The zero-order valence-electron chi connectivity index (χ0n) is 27.5. The summed E-state index contributed by atoms with van der Waals surface area (Å²) in [7, 11) is 0. The van der Waals surface area contributed by atoms with Crippen LogP contribution in [0.15, 0.2) is 170 Å². The molecule has 0 fully saturated rings. The van der Waals surface area contributed by atoms with Crippen molar-refractivity contribution in [1.82, 2.24) is 19.4 Å². The molecule has 1 aliphatic rings. The topological polar surface area (TPSA) is 43.1 Å². The molecule has 51 heavy (non-hydrogen) atoms. The summed E-state index contributed by atoms with van der Waals surface area (Å²) in [5.41, 5.74) is 16.5. The summed E-state index contributed by atoms with van der Waals surface area (Å²) in [5.74, 6) is 0. The average Bonchev–Trinajstić information content (AvgIpc) is 3.78. The van der Waals surface area contributed by atoms with Crippen LogP contribution in [0.3, 0.4) is 0 Å². The van der Waals surface area contributed by atoms with E-state index in [9.17, 15) is 0 Å². The number of aromatic nitrogens is 4. The molecular formula is C47H28N4. The standard InChI is InChI=1S/C47H28N4/c1-2-7-37-36(6-1)39-9-5-8-38-35(23-24-40(37)45(38)39)29-11-13-30(14-12-29)41-25-21-33-19-20-34-22-26-42(50-47(34)46(33)49-41)31-15-17-32(18-16-31)43-28-51-27-4-3-10-44(51)48-43/h1-28H. The molecule has 0 spiro atoms. The van der Waals surface area contributed by atoms with Crippen LogP contribution >= 0.6 is 0 Å². The Hall–Kier alpha value is -6.91. The lowest BCUT2D eigenvalue weighted by Gasteiger charge is -2.11. The van der Waals surface area contributed by atoms with Crippen molar-refractivity contribution in [3.05, 3.63) is 170 Å². The third kappa shape index (κ3) is 4.37. The maximum absolute atomic E-state index is 5.22. The molecule has 0 saturated carbocycles. The first-order valence-electron chi connectivity index (χ1n) is 17.3. The van der Waals surface area contributed by atoms with Crippen molar-refractivity contribution < 1.29 is 0 Å². The molecule has 4 heterocycles. The second kappa shape index (κ2) is 10.8. The van der Waals surface area contributed by atoms with Crippen LogP contribution in [0.25, 0.3) is 105 Å². The Balaban J connectivity index is 0.943. The highest BCUT2D eigenvalue weighted by Gasteiger charge is 2.22. The van der Waals surface area contributed by atoms with E-state index in [1.165, 1.54) is 44.2 Å². The van der Waals surface area contributed by atoms with Crippen LogP contribution in [0.1, 0.15) is 0 Å². The van der Waals surface area contributed by atoms with E-state index in [1.807, 2.05) is 28.8 Å². The predicted octanol–water partition coefficient (Wildman–Crippen LogP) is 11.9. The lowest BCUT2D eigenvalue weighted by molar-refractivity contribution is 1.19. The first-order chi connectivity index (χ1) is 25.2. The van der Waals surface area contributed by atoms with Gasteiger partial charge in [0.1, 0.15) is 5.65 Å². The van der Waals surface area contributed by atoms with E-state index in [0.29, 0.717) is 0 Å². The summed E-state index contributed by atoms with van der Waals surface area (Å²) in [6.45, 7) is 0. The molecule has 0 N–H and O–H groups in total.